The van der Waals surface area contributed by atoms with Crippen molar-refractivity contribution in [1.82, 2.24) is 9.97 Å². The van der Waals surface area contributed by atoms with Crippen LogP contribution in [0.2, 0.25) is 5.15 Å². The van der Waals surface area contributed by atoms with Crippen LogP contribution in [0.15, 0.2) is 29.0 Å². The number of aromatic nitrogens is 2. The molecule has 1 heterocycles. The average molecular weight is 349 g/mol. The fourth-order valence-electron chi connectivity index (χ4n) is 1.29. The zero-order chi connectivity index (χ0) is 14.0. The average Bonchev–Trinajstić information content (AvgIpc) is 2.33. The Kier molecular flexibility index (Phi) is 4.06. The van der Waals surface area contributed by atoms with E-state index in [1.807, 2.05) is 0 Å². The van der Waals surface area contributed by atoms with Gasteiger partial charge in [-0.1, -0.05) is 11.6 Å². The molecule has 1 amide bonds. The van der Waals surface area contributed by atoms with Crippen molar-refractivity contribution < 1.29 is 13.6 Å². The summed E-state index contributed by atoms with van der Waals surface area (Å²) in [5, 5.41) is 2.29. The summed E-state index contributed by atoms with van der Waals surface area (Å²) in [6.07, 6.45) is 2.43. The third-order valence-electron chi connectivity index (χ3n) is 2.08. The normalized spacial score (nSPS) is 10.3. The lowest BCUT2D eigenvalue weighted by molar-refractivity contribution is 0.102. The van der Waals surface area contributed by atoms with E-state index in [2.05, 4.69) is 31.2 Å². The molecule has 1 aromatic carbocycles. The van der Waals surface area contributed by atoms with E-state index in [0.29, 0.717) is 6.07 Å². The summed E-state index contributed by atoms with van der Waals surface area (Å²) >= 11 is 8.55. The van der Waals surface area contributed by atoms with Gasteiger partial charge in [-0.25, -0.2) is 13.8 Å². The molecule has 0 saturated heterocycles. The van der Waals surface area contributed by atoms with Crippen molar-refractivity contribution in [3.05, 3.63) is 51.5 Å². The number of benzene rings is 1. The molecule has 1 N–H and O–H groups in total. The topological polar surface area (TPSA) is 54.9 Å². The monoisotopic (exact) mass is 347 g/mol. The Labute approximate surface area is 120 Å². The number of nitrogens with one attached hydrogen (secondary N) is 1. The molecule has 0 aliphatic heterocycles. The van der Waals surface area contributed by atoms with Gasteiger partial charge in [-0.15, -0.1) is 0 Å². The number of carbonyl (C=O) groups is 1. The minimum absolute atomic E-state index is 0.0336. The number of hydrogen-bond acceptors (Lipinski definition) is 3. The van der Waals surface area contributed by atoms with Crippen LogP contribution in [0.25, 0.3) is 0 Å². The molecule has 0 unspecified atom stereocenters. The highest BCUT2D eigenvalue weighted by Crippen LogP contribution is 2.27. The summed E-state index contributed by atoms with van der Waals surface area (Å²) in [6.45, 7) is 0. The van der Waals surface area contributed by atoms with E-state index in [9.17, 15) is 13.6 Å². The smallest absolute Gasteiger partial charge is 0.276 e. The maximum atomic E-state index is 13.5. The van der Waals surface area contributed by atoms with E-state index in [-0.39, 0.29) is 21.0 Å². The molecule has 8 heteroatoms. The van der Waals surface area contributed by atoms with Crippen LogP contribution in [-0.4, -0.2) is 15.9 Å². The number of anilines is 1. The van der Waals surface area contributed by atoms with Gasteiger partial charge in [0.25, 0.3) is 5.91 Å². The van der Waals surface area contributed by atoms with E-state index >= 15 is 0 Å². The second-order valence-electron chi connectivity index (χ2n) is 3.43. The Hall–Kier alpha value is -1.60. The molecule has 0 aliphatic rings. The van der Waals surface area contributed by atoms with Gasteiger partial charge in [-0.05, 0) is 22.0 Å². The summed E-state index contributed by atoms with van der Waals surface area (Å²) in [5.74, 6) is -2.37. The zero-order valence-electron chi connectivity index (χ0n) is 9.12. The third kappa shape index (κ3) is 3.24. The van der Waals surface area contributed by atoms with Gasteiger partial charge in [0.2, 0.25) is 0 Å². The molecule has 0 aliphatic carbocycles. The number of amides is 1. The predicted molar refractivity (Wildman–Crippen MR) is 69.1 cm³/mol. The minimum Gasteiger partial charge on any atom is -0.317 e. The molecule has 0 bridgehead atoms. The Morgan fingerprint density at radius 3 is 2.68 bits per heavy atom. The van der Waals surface area contributed by atoms with Crippen LogP contribution >= 0.6 is 27.5 Å². The molecule has 19 heavy (non-hydrogen) atoms. The molecule has 0 fully saturated rings. The van der Waals surface area contributed by atoms with Crippen molar-refractivity contribution >= 4 is 39.1 Å². The van der Waals surface area contributed by atoms with Gasteiger partial charge in [-0.2, -0.15) is 0 Å². The molecular weight excluding hydrogens is 343 g/mol. The lowest BCUT2D eigenvalue weighted by Crippen LogP contribution is -2.15. The number of nitrogens with zero attached hydrogens (tertiary/aromatic N) is 2. The fourth-order valence-corrected chi connectivity index (χ4v) is 1.95. The lowest BCUT2D eigenvalue weighted by Gasteiger charge is -2.08. The molecule has 1 aromatic heterocycles. The van der Waals surface area contributed by atoms with Crippen LogP contribution in [0.3, 0.4) is 0 Å². The van der Waals surface area contributed by atoms with Crippen molar-refractivity contribution in [2.75, 3.05) is 5.32 Å². The van der Waals surface area contributed by atoms with Crippen LogP contribution in [0, 0.1) is 11.6 Å². The van der Waals surface area contributed by atoms with Gasteiger partial charge in [-0.3, -0.25) is 9.78 Å². The number of carbonyl (C=O) groups excluding carboxylic acids is 1. The molecular formula is C11H5BrClF2N3O. The Balaban J connectivity index is 2.29. The lowest BCUT2D eigenvalue weighted by atomic mass is 10.3. The van der Waals surface area contributed by atoms with Gasteiger partial charge in [0.1, 0.15) is 16.7 Å². The molecule has 4 nitrogen and oxygen atoms in total. The van der Waals surface area contributed by atoms with Gasteiger partial charge in [0.05, 0.1) is 18.1 Å². The highest BCUT2D eigenvalue weighted by Gasteiger charge is 2.15. The van der Waals surface area contributed by atoms with Crippen LogP contribution in [0.1, 0.15) is 10.5 Å². The van der Waals surface area contributed by atoms with Crippen LogP contribution in [0.4, 0.5) is 14.5 Å². The standard InChI is InChI=1S/C11H5BrClF2N3O/c12-6-1-5(14)2-7(15)10(6)18-11(19)8-3-16-4-9(13)17-8/h1-4H,(H,18,19). The van der Waals surface area contributed by atoms with Crippen molar-refractivity contribution in [2.24, 2.45) is 0 Å². The van der Waals surface area contributed by atoms with Crippen molar-refractivity contribution in [3.8, 4) is 0 Å². The molecule has 2 rings (SSSR count). The Morgan fingerprint density at radius 1 is 1.32 bits per heavy atom. The van der Waals surface area contributed by atoms with Gasteiger partial charge >= 0.3 is 0 Å². The number of hydrogen-bond donors (Lipinski definition) is 1. The van der Waals surface area contributed by atoms with Crippen molar-refractivity contribution in [2.45, 2.75) is 0 Å². The van der Waals surface area contributed by atoms with E-state index < -0.39 is 17.5 Å². The Morgan fingerprint density at radius 2 is 2.05 bits per heavy atom. The maximum Gasteiger partial charge on any atom is 0.276 e. The first-order valence-corrected chi connectivity index (χ1v) is 6.08. The highest BCUT2D eigenvalue weighted by atomic mass is 79.9. The first kappa shape index (κ1) is 13.8. The SMILES string of the molecule is O=C(Nc1c(F)cc(F)cc1Br)c1cncc(Cl)n1. The van der Waals surface area contributed by atoms with Gasteiger partial charge in [0.15, 0.2) is 5.82 Å². The van der Waals surface area contributed by atoms with Gasteiger partial charge in [0, 0.05) is 10.5 Å². The minimum atomic E-state index is -0.907. The van der Waals surface area contributed by atoms with Crippen molar-refractivity contribution in [3.63, 3.8) is 0 Å². The van der Waals surface area contributed by atoms with Crippen LogP contribution in [0.5, 0.6) is 0 Å². The first-order valence-electron chi connectivity index (χ1n) is 4.91. The van der Waals surface area contributed by atoms with Crippen LogP contribution < -0.4 is 5.32 Å². The summed E-state index contributed by atoms with van der Waals surface area (Å²) in [4.78, 5) is 19.2. The quantitative estimate of drug-likeness (QED) is 0.905. The van der Waals surface area contributed by atoms with Crippen LogP contribution in [-0.2, 0) is 0 Å². The maximum absolute atomic E-state index is 13.5. The summed E-state index contributed by atoms with van der Waals surface area (Å²) in [7, 11) is 0. The first-order chi connectivity index (χ1) is 8.97. The second-order valence-corrected chi connectivity index (χ2v) is 4.67. The second kappa shape index (κ2) is 5.58. The summed E-state index contributed by atoms with van der Waals surface area (Å²) in [5.41, 5.74) is -0.267. The molecule has 0 spiro atoms. The third-order valence-corrected chi connectivity index (χ3v) is 2.89. The number of rotatable bonds is 2. The van der Waals surface area contributed by atoms with E-state index in [0.717, 1.165) is 6.07 Å². The van der Waals surface area contributed by atoms with E-state index in [4.69, 9.17) is 11.6 Å². The molecule has 0 radical (unpaired) electrons. The zero-order valence-corrected chi connectivity index (χ0v) is 11.5. The largest absolute Gasteiger partial charge is 0.317 e. The fraction of sp³-hybridized carbons (Fsp3) is 0. The highest BCUT2D eigenvalue weighted by molar-refractivity contribution is 9.10. The molecule has 0 saturated carbocycles. The molecule has 2 aromatic rings. The van der Waals surface area contributed by atoms with Gasteiger partial charge < -0.3 is 5.32 Å². The Bertz CT molecular complexity index is 631. The van der Waals surface area contributed by atoms with Crippen molar-refractivity contribution in [1.29, 1.82) is 0 Å². The van der Waals surface area contributed by atoms with E-state index in [1.54, 1.807) is 0 Å². The summed E-state index contributed by atoms with van der Waals surface area (Å²) in [6, 6.07) is 1.69. The summed E-state index contributed by atoms with van der Waals surface area (Å²) < 4.78 is 26.5. The molecule has 0 atom stereocenters. The van der Waals surface area contributed by atoms with E-state index in [1.165, 1.54) is 12.4 Å². The predicted octanol–water partition coefficient (Wildman–Crippen LogP) is 3.42. The number of halogens is 4. The molecule has 98 valence electrons.